The van der Waals surface area contributed by atoms with Crippen LogP contribution in [0.15, 0.2) is 48.7 Å². The van der Waals surface area contributed by atoms with Gasteiger partial charge in [-0.3, -0.25) is 4.90 Å². The molecule has 0 N–H and O–H groups in total. The smallest absolute Gasteiger partial charge is 0.225 e. The van der Waals surface area contributed by atoms with Gasteiger partial charge in [-0.1, -0.05) is 6.07 Å². The van der Waals surface area contributed by atoms with Gasteiger partial charge >= 0.3 is 0 Å². The maximum absolute atomic E-state index is 14.0. The standard InChI is InChI=1S/C25H27F2N5O/c1-33-22-6-4-21(5-7-22)31-10-12-32(13-11-31)25-28-15-19-17-30(9-8-24(19)29-25)16-18-2-3-20(26)14-23(18)27/h2-7,14-15H,8-13,16-17H2,1H3. The fourth-order valence-corrected chi connectivity index (χ4v) is 4.50. The number of anilines is 2. The molecule has 33 heavy (non-hydrogen) atoms. The van der Waals surface area contributed by atoms with Crippen LogP contribution >= 0.6 is 0 Å². The molecule has 0 bridgehead atoms. The van der Waals surface area contributed by atoms with Gasteiger partial charge in [0.1, 0.15) is 17.4 Å². The van der Waals surface area contributed by atoms with E-state index in [4.69, 9.17) is 9.72 Å². The van der Waals surface area contributed by atoms with Gasteiger partial charge in [0.25, 0.3) is 0 Å². The van der Waals surface area contributed by atoms with Crippen LogP contribution in [0.1, 0.15) is 16.8 Å². The average molecular weight is 452 g/mol. The normalized spacial score (nSPS) is 16.6. The van der Waals surface area contributed by atoms with Crippen LogP contribution in [0.5, 0.6) is 5.75 Å². The number of piperazine rings is 1. The van der Waals surface area contributed by atoms with Crippen LogP contribution in [0.4, 0.5) is 20.4 Å². The number of hydrogen-bond acceptors (Lipinski definition) is 6. The minimum Gasteiger partial charge on any atom is -0.497 e. The third-order valence-corrected chi connectivity index (χ3v) is 6.41. The summed E-state index contributed by atoms with van der Waals surface area (Å²) in [5.41, 5.74) is 3.84. The predicted octanol–water partition coefficient (Wildman–Crippen LogP) is 3.65. The fraction of sp³-hybridized carbons (Fsp3) is 0.360. The second-order valence-electron chi connectivity index (χ2n) is 8.51. The second kappa shape index (κ2) is 9.31. The molecule has 3 heterocycles. The molecule has 0 amide bonds. The minimum atomic E-state index is -0.550. The first-order valence-corrected chi connectivity index (χ1v) is 11.2. The van der Waals surface area contributed by atoms with Gasteiger partial charge in [-0.2, -0.15) is 0 Å². The molecule has 8 heteroatoms. The van der Waals surface area contributed by atoms with Gasteiger partial charge < -0.3 is 14.5 Å². The molecule has 1 fully saturated rings. The van der Waals surface area contributed by atoms with E-state index in [9.17, 15) is 8.78 Å². The van der Waals surface area contributed by atoms with E-state index in [0.717, 1.165) is 68.2 Å². The van der Waals surface area contributed by atoms with Crippen LogP contribution in [0.2, 0.25) is 0 Å². The third kappa shape index (κ3) is 4.75. The zero-order chi connectivity index (χ0) is 22.8. The number of fused-ring (bicyclic) bond motifs is 1. The Bertz CT molecular complexity index is 1120. The van der Waals surface area contributed by atoms with Crippen molar-refractivity contribution >= 4 is 11.6 Å². The Morgan fingerprint density at radius 3 is 2.42 bits per heavy atom. The molecular formula is C25H27F2N5O. The molecule has 1 saturated heterocycles. The Morgan fingerprint density at radius 2 is 1.70 bits per heavy atom. The van der Waals surface area contributed by atoms with Gasteiger partial charge in [0.05, 0.1) is 12.8 Å². The van der Waals surface area contributed by atoms with Crippen molar-refractivity contribution in [3.63, 3.8) is 0 Å². The molecule has 172 valence electrons. The maximum atomic E-state index is 14.0. The van der Waals surface area contributed by atoms with Crippen molar-refractivity contribution in [3.05, 3.63) is 77.1 Å². The zero-order valence-electron chi connectivity index (χ0n) is 18.7. The van der Waals surface area contributed by atoms with Crippen molar-refractivity contribution < 1.29 is 13.5 Å². The van der Waals surface area contributed by atoms with Gasteiger partial charge in [-0.25, -0.2) is 18.7 Å². The van der Waals surface area contributed by atoms with Crippen molar-refractivity contribution in [2.45, 2.75) is 19.5 Å². The number of nitrogens with zero attached hydrogens (tertiary/aromatic N) is 5. The van der Waals surface area contributed by atoms with Gasteiger partial charge in [-0.05, 0) is 30.3 Å². The predicted molar refractivity (Wildman–Crippen MR) is 124 cm³/mol. The summed E-state index contributed by atoms with van der Waals surface area (Å²) in [6, 6.07) is 11.9. The number of hydrogen-bond donors (Lipinski definition) is 0. The number of methoxy groups -OCH3 is 1. The minimum absolute atomic E-state index is 0.445. The molecule has 5 rings (SSSR count). The van der Waals surface area contributed by atoms with E-state index in [-0.39, 0.29) is 0 Å². The molecule has 0 saturated carbocycles. The summed E-state index contributed by atoms with van der Waals surface area (Å²) in [6.45, 7) is 5.43. The number of rotatable bonds is 5. The van der Waals surface area contributed by atoms with Crippen molar-refractivity contribution in [3.8, 4) is 5.75 Å². The van der Waals surface area contributed by atoms with Gasteiger partial charge in [0, 0.05) is 81.3 Å². The molecule has 2 aliphatic rings. The highest BCUT2D eigenvalue weighted by Crippen LogP contribution is 2.24. The first kappa shape index (κ1) is 21.6. The van der Waals surface area contributed by atoms with E-state index in [2.05, 4.69) is 31.8 Å². The Hall–Kier alpha value is -3.26. The molecule has 0 atom stereocenters. The molecule has 0 radical (unpaired) electrons. The maximum Gasteiger partial charge on any atom is 0.225 e. The molecule has 0 unspecified atom stereocenters. The van der Waals surface area contributed by atoms with Crippen molar-refractivity contribution in [2.75, 3.05) is 49.6 Å². The molecule has 3 aromatic rings. The summed E-state index contributed by atoms with van der Waals surface area (Å²) in [7, 11) is 1.68. The molecular weight excluding hydrogens is 424 g/mol. The lowest BCUT2D eigenvalue weighted by molar-refractivity contribution is 0.239. The Morgan fingerprint density at radius 1 is 0.939 bits per heavy atom. The highest BCUT2D eigenvalue weighted by molar-refractivity contribution is 5.51. The summed E-state index contributed by atoms with van der Waals surface area (Å²) < 4.78 is 32.4. The zero-order valence-corrected chi connectivity index (χ0v) is 18.7. The molecule has 0 spiro atoms. The third-order valence-electron chi connectivity index (χ3n) is 6.41. The van der Waals surface area contributed by atoms with Crippen LogP contribution in [0, 0.1) is 11.6 Å². The monoisotopic (exact) mass is 451 g/mol. The number of benzene rings is 2. The Balaban J connectivity index is 1.20. The number of ether oxygens (including phenoxy) is 1. The lowest BCUT2D eigenvalue weighted by Crippen LogP contribution is -2.47. The first-order valence-electron chi connectivity index (χ1n) is 11.2. The van der Waals surface area contributed by atoms with Gasteiger partial charge in [0.15, 0.2) is 0 Å². The highest BCUT2D eigenvalue weighted by Gasteiger charge is 2.23. The molecule has 1 aromatic heterocycles. The van der Waals surface area contributed by atoms with Crippen molar-refractivity contribution in [1.29, 1.82) is 0 Å². The summed E-state index contributed by atoms with van der Waals surface area (Å²) >= 11 is 0. The molecule has 2 aromatic carbocycles. The summed E-state index contributed by atoms with van der Waals surface area (Å²) in [6.07, 6.45) is 2.69. The molecule has 2 aliphatic heterocycles. The van der Waals surface area contributed by atoms with Crippen molar-refractivity contribution in [2.24, 2.45) is 0 Å². The lowest BCUT2D eigenvalue weighted by atomic mass is 10.1. The molecule has 6 nitrogen and oxygen atoms in total. The van der Waals surface area contributed by atoms with Gasteiger partial charge in [-0.15, -0.1) is 0 Å². The van der Waals surface area contributed by atoms with E-state index >= 15 is 0 Å². The largest absolute Gasteiger partial charge is 0.497 e. The quantitative estimate of drug-likeness (QED) is 0.590. The van der Waals surface area contributed by atoms with E-state index in [1.807, 2.05) is 18.3 Å². The SMILES string of the molecule is COc1ccc(N2CCN(c3ncc4c(n3)CCN(Cc3ccc(F)cc3F)C4)CC2)cc1. The topological polar surface area (TPSA) is 44.7 Å². The summed E-state index contributed by atoms with van der Waals surface area (Å²) in [5.74, 6) is 0.592. The fourth-order valence-electron chi connectivity index (χ4n) is 4.50. The van der Waals surface area contributed by atoms with E-state index in [1.54, 1.807) is 7.11 Å². The Kier molecular flexibility index (Phi) is 6.09. The molecule has 0 aliphatic carbocycles. The van der Waals surface area contributed by atoms with E-state index in [0.29, 0.717) is 18.7 Å². The van der Waals surface area contributed by atoms with Crippen LogP contribution in [0.3, 0.4) is 0 Å². The second-order valence-corrected chi connectivity index (χ2v) is 8.51. The van der Waals surface area contributed by atoms with Crippen LogP contribution in [-0.4, -0.2) is 54.7 Å². The van der Waals surface area contributed by atoms with Crippen molar-refractivity contribution in [1.82, 2.24) is 14.9 Å². The summed E-state index contributed by atoms with van der Waals surface area (Å²) in [4.78, 5) is 16.2. The van der Waals surface area contributed by atoms with E-state index in [1.165, 1.54) is 17.8 Å². The van der Waals surface area contributed by atoms with Crippen LogP contribution in [-0.2, 0) is 19.5 Å². The van der Waals surface area contributed by atoms with Crippen LogP contribution in [0.25, 0.3) is 0 Å². The van der Waals surface area contributed by atoms with E-state index < -0.39 is 11.6 Å². The van der Waals surface area contributed by atoms with Crippen LogP contribution < -0.4 is 14.5 Å². The Labute approximate surface area is 192 Å². The lowest BCUT2D eigenvalue weighted by Gasteiger charge is -2.36. The number of halogens is 2. The highest BCUT2D eigenvalue weighted by atomic mass is 19.1. The van der Waals surface area contributed by atoms with Gasteiger partial charge in [0.2, 0.25) is 5.95 Å². The first-order chi connectivity index (χ1) is 16.1. The summed E-state index contributed by atoms with van der Waals surface area (Å²) in [5, 5.41) is 0. The number of aromatic nitrogens is 2. The average Bonchev–Trinajstić information content (AvgIpc) is 2.85.